The summed E-state index contributed by atoms with van der Waals surface area (Å²) in [7, 11) is 0. The van der Waals surface area contributed by atoms with Crippen molar-refractivity contribution in [1.82, 2.24) is 0 Å². The Morgan fingerprint density at radius 3 is 2.18 bits per heavy atom. The number of rotatable bonds is 3. The van der Waals surface area contributed by atoms with Crippen LogP contribution in [0.5, 0.6) is 0 Å². The Labute approximate surface area is 99.6 Å². The molecule has 0 aliphatic heterocycles. The quantitative estimate of drug-likeness (QED) is 0.774. The maximum absolute atomic E-state index is 12.7. The lowest BCUT2D eigenvalue weighted by molar-refractivity contribution is -0.139. The van der Waals surface area contributed by atoms with Gasteiger partial charge in [-0.25, -0.2) is 0 Å². The molecule has 0 atom stereocenters. The molecule has 0 unspecified atom stereocenters. The van der Waals surface area contributed by atoms with Gasteiger partial charge in [0.2, 0.25) is 0 Å². The second-order valence-electron chi connectivity index (χ2n) is 5.21. The van der Waals surface area contributed by atoms with Gasteiger partial charge in [0.1, 0.15) is 0 Å². The van der Waals surface area contributed by atoms with E-state index in [1.165, 1.54) is 12.1 Å². The summed E-state index contributed by atoms with van der Waals surface area (Å²) in [6.45, 7) is 6.35. The van der Waals surface area contributed by atoms with Crippen LogP contribution in [0.3, 0.4) is 0 Å². The molecule has 0 saturated carbocycles. The summed E-state index contributed by atoms with van der Waals surface area (Å²) in [5.74, 6) is 0. The zero-order chi connectivity index (χ0) is 13.1. The van der Waals surface area contributed by atoms with Crippen molar-refractivity contribution < 1.29 is 17.9 Å². The van der Waals surface area contributed by atoms with E-state index in [-0.39, 0.29) is 17.6 Å². The molecule has 0 aliphatic rings. The Bertz CT molecular complexity index is 364. The summed E-state index contributed by atoms with van der Waals surface area (Å²) in [5, 5.41) is 0. The van der Waals surface area contributed by atoms with Gasteiger partial charge in [-0.05, 0) is 17.0 Å². The van der Waals surface area contributed by atoms with Gasteiger partial charge in [-0.1, -0.05) is 39.0 Å². The molecule has 0 N–H and O–H groups in total. The maximum Gasteiger partial charge on any atom is 0.416 e. The monoisotopic (exact) mass is 246 g/mol. The number of hydrogen-bond donors (Lipinski definition) is 0. The normalized spacial score (nSPS) is 12.8. The molecule has 17 heavy (non-hydrogen) atoms. The third-order valence-electron chi connectivity index (χ3n) is 2.12. The van der Waals surface area contributed by atoms with Crippen LogP contribution in [-0.2, 0) is 17.5 Å². The van der Waals surface area contributed by atoms with Crippen molar-refractivity contribution >= 4 is 0 Å². The largest absolute Gasteiger partial charge is 0.416 e. The Morgan fingerprint density at radius 1 is 1.06 bits per heavy atom. The first kappa shape index (κ1) is 14.0. The zero-order valence-corrected chi connectivity index (χ0v) is 10.3. The SMILES string of the molecule is CC(C)(C)COCc1ccccc1C(F)(F)F. The predicted molar refractivity (Wildman–Crippen MR) is 60.6 cm³/mol. The van der Waals surface area contributed by atoms with Crippen molar-refractivity contribution in [2.75, 3.05) is 6.61 Å². The lowest BCUT2D eigenvalue weighted by Crippen LogP contribution is -2.16. The average Bonchev–Trinajstić information content (AvgIpc) is 2.15. The third kappa shape index (κ3) is 4.77. The summed E-state index contributed by atoms with van der Waals surface area (Å²) in [6, 6.07) is 5.50. The number of halogens is 3. The molecular weight excluding hydrogens is 229 g/mol. The molecule has 0 aromatic heterocycles. The highest BCUT2D eigenvalue weighted by Gasteiger charge is 2.32. The Morgan fingerprint density at radius 2 is 1.65 bits per heavy atom. The van der Waals surface area contributed by atoms with Gasteiger partial charge < -0.3 is 4.74 Å². The molecule has 0 spiro atoms. The molecule has 1 aromatic rings. The van der Waals surface area contributed by atoms with Gasteiger partial charge in [0, 0.05) is 0 Å². The molecule has 0 aliphatic carbocycles. The minimum absolute atomic E-state index is 0.00699. The van der Waals surface area contributed by atoms with E-state index >= 15 is 0 Å². The highest BCUT2D eigenvalue weighted by Crippen LogP contribution is 2.32. The smallest absolute Gasteiger partial charge is 0.376 e. The molecular formula is C13H17F3O. The lowest BCUT2D eigenvalue weighted by Gasteiger charge is -2.19. The van der Waals surface area contributed by atoms with Crippen molar-refractivity contribution in [1.29, 1.82) is 0 Å². The van der Waals surface area contributed by atoms with Crippen LogP contribution in [0.1, 0.15) is 31.9 Å². The molecule has 4 heteroatoms. The van der Waals surface area contributed by atoms with Crippen molar-refractivity contribution in [2.45, 2.75) is 33.6 Å². The number of benzene rings is 1. The summed E-state index contributed by atoms with van der Waals surface area (Å²) < 4.78 is 43.3. The average molecular weight is 246 g/mol. The van der Waals surface area contributed by atoms with Crippen LogP contribution in [0.25, 0.3) is 0 Å². The molecule has 0 fully saturated rings. The van der Waals surface area contributed by atoms with E-state index < -0.39 is 11.7 Å². The van der Waals surface area contributed by atoms with E-state index in [0.29, 0.717) is 6.61 Å². The second-order valence-corrected chi connectivity index (χ2v) is 5.21. The summed E-state index contributed by atoms with van der Waals surface area (Å²) in [4.78, 5) is 0. The van der Waals surface area contributed by atoms with Gasteiger partial charge in [-0.3, -0.25) is 0 Å². The molecule has 96 valence electrons. The topological polar surface area (TPSA) is 9.23 Å². The summed E-state index contributed by atoms with van der Waals surface area (Å²) in [5.41, 5.74) is -0.481. The summed E-state index contributed by atoms with van der Waals surface area (Å²) >= 11 is 0. The molecule has 1 aromatic carbocycles. The fourth-order valence-corrected chi connectivity index (χ4v) is 1.39. The third-order valence-corrected chi connectivity index (χ3v) is 2.12. The summed E-state index contributed by atoms with van der Waals surface area (Å²) in [6.07, 6.45) is -4.32. The van der Waals surface area contributed by atoms with Gasteiger partial charge in [-0.2, -0.15) is 13.2 Å². The highest BCUT2D eigenvalue weighted by atomic mass is 19.4. The van der Waals surface area contributed by atoms with Crippen molar-refractivity contribution in [3.8, 4) is 0 Å². The van der Waals surface area contributed by atoms with E-state index in [1.807, 2.05) is 20.8 Å². The van der Waals surface area contributed by atoms with Gasteiger partial charge >= 0.3 is 6.18 Å². The fourth-order valence-electron chi connectivity index (χ4n) is 1.39. The predicted octanol–water partition coefficient (Wildman–Crippen LogP) is 4.27. The molecule has 0 saturated heterocycles. The van der Waals surface area contributed by atoms with Crippen LogP contribution >= 0.6 is 0 Å². The van der Waals surface area contributed by atoms with Gasteiger partial charge in [-0.15, -0.1) is 0 Å². The van der Waals surface area contributed by atoms with Crippen molar-refractivity contribution in [3.63, 3.8) is 0 Å². The first-order valence-electron chi connectivity index (χ1n) is 5.43. The van der Waals surface area contributed by atoms with Crippen LogP contribution < -0.4 is 0 Å². The van der Waals surface area contributed by atoms with Gasteiger partial charge in [0.25, 0.3) is 0 Å². The maximum atomic E-state index is 12.7. The van der Waals surface area contributed by atoms with Gasteiger partial charge in [0.15, 0.2) is 0 Å². The van der Waals surface area contributed by atoms with Crippen LogP contribution in [0.2, 0.25) is 0 Å². The Kier molecular flexibility index (Phi) is 4.20. The van der Waals surface area contributed by atoms with Crippen LogP contribution in [0, 0.1) is 5.41 Å². The first-order chi connectivity index (χ1) is 7.70. The first-order valence-corrected chi connectivity index (χ1v) is 5.43. The molecule has 0 bridgehead atoms. The minimum Gasteiger partial charge on any atom is -0.376 e. The number of hydrogen-bond acceptors (Lipinski definition) is 1. The lowest BCUT2D eigenvalue weighted by atomic mass is 9.98. The number of ether oxygens (including phenoxy) is 1. The zero-order valence-electron chi connectivity index (χ0n) is 10.3. The number of alkyl halides is 3. The molecule has 0 radical (unpaired) electrons. The van der Waals surface area contributed by atoms with E-state index in [4.69, 9.17) is 4.74 Å². The molecule has 0 heterocycles. The van der Waals surface area contributed by atoms with E-state index in [0.717, 1.165) is 6.07 Å². The second kappa shape index (κ2) is 5.08. The van der Waals surface area contributed by atoms with Gasteiger partial charge in [0.05, 0.1) is 18.8 Å². The van der Waals surface area contributed by atoms with E-state index in [2.05, 4.69) is 0 Å². The molecule has 1 rings (SSSR count). The van der Waals surface area contributed by atoms with Crippen LogP contribution in [0.4, 0.5) is 13.2 Å². The van der Waals surface area contributed by atoms with Crippen LogP contribution in [0.15, 0.2) is 24.3 Å². The molecule has 1 nitrogen and oxygen atoms in total. The fraction of sp³-hybridized carbons (Fsp3) is 0.538. The Balaban J connectivity index is 2.72. The van der Waals surface area contributed by atoms with E-state index in [1.54, 1.807) is 6.07 Å². The minimum atomic E-state index is -4.32. The van der Waals surface area contributed by atoms with E-state index in [9.17, 15) is 13.2 Å². The van der Waals surface area contributed by atoms with Crippen LogP contribution in [-0.4, -0.2) is 6.61 Å². The standard InChI is InChI=1S/C13H17F3O/c1-12(2,3)9-17-8-10-6-4-5-7-11(10)13(14,15)16/h4-7H,8-9H2,1-3H3. The van der Waals surface area contributed by atoms with Crippen molar-refractivity contribution in [3.05, 3.63) is 35.4 Å². The highest BCUT2D eigenvalue weighted by molar-refractivity contribution is 5.28. The molecule has 0 amide bonds. The Hall–Kier alpha value is -1.03. The van der Waals surface area contributed by atoms with Crippen molar-refractivity contribution in [2.24, 2.45) is 5.41 Å².